The molecule has 2 heterocycles. The Balaban J connectivity index is 1.77. The fourth-order valence-corrected chi connectivity index (χ4v) is 3.36. The lowest BCUT2D eigenvalue weighted by atomic mass is 9.93. The minimum absolute atomic E-state index is 0.609. The molecule has 1 N–H and O–H groups in total. The van der Waals surface area contributed by atoms with Crippen molar-refractivity contribution >= 4 is 5.82 Å². The van der Waals surface area contributed by atoms with Crippen LogP contribution in [-0.4, -0.2) is 23.6 Å². The van der Waals surface area contributed by atoms with Crippen LogP contribution >= 0.6 is 0 Å². The Kier molecular flexibility index (Phi) is 4.48. The number of anilines is 1. The van der Waals surface area contributed by atoms with Gasteiger partial charge < -0.3 is 10.2 Å². The van der Waals surface area contributed by atoms with Crippen LogP contribution in [0.5, 0.6) is 0 Å². The maximum Gasteiger partial charge on any atom is 0.129 e. The first-order chi connectivity index (χ1) is 10.2. The van der Waals surface area contributed by atoms with E-state index in [0.29, 0.717) is 6.04 Å². The van der Waals surface area contributed by atoms with Crippen molar-refractivity contribution in [3.05, 3.63) is 23.4 Å². The van der Waals surface area contributed by atoms with E-state index in [4.69, 9.17) is 4.98 Å². The molecule has 3 rings (SSSR count). The molecule has 0 aromatic carbocycles. The van der Waals surface area contributed by atoms with Crippen molar-refractivity contribution in [1.82, 2.24) is 10.3 Å². The molecule has 0 spiro atoms. The van der Waals surface area contributed by atoms with Gasteiger partial charge in [-0.05, 0) is 62.6 Å². The molecular weight excluding hydrogens is 258 g/mol. The maximum atomic E-state index is 4.89. The first-order valence-corrected chi connectivity index (χ1v) is 8.65. The van der Waals surface area contributed by atoms with Crippen LogP contribution in [0.15, 0.2) is 12.1 Å². The zero-order valence-electron chi connectivity index (χ0n) is 13.7. The third-order valence-electron chi connectivity index (χ3n) is 4.89. The minimum Gasteiger partial charge on any atom is -0.354 e. The number of hydrogen-bond acceptors (Lipinski definition) is 3. The first kappa shape index (κ1) is 14.8. The summed E-state index contributed by atoms with van der Waals surface area (Å²) in [5.74, 6) is 2.04. The van der Waals surface area contributed by atoms with Gasteiger partial charge in [-0.25, -0.2) is 4.98 Å². The highest BCUT2D eigenvalue weighted by Crippen LogP contribution is 2.28. The molecule has 1 aliphatic heterocycles. The fourth-order valence-electron chi connectivity index (χ4n) is 3.36. The summed E-state index contributed by atoms with van der Waals surface area (Å²) in [6.45, 7) is 9.06. The molecule has 2 fully saturated rings. The molecule has 1 saturated carbocycles. The summed E-state index contributed by atoms with van der Waals surface area (Å²) in [5, 5.41) is 3.63. The van der Waals surface area contributed by atoms with E-state index < -0.39 is 0 Å². The molecule has 0 bridgehead atoms. The average Bonchev–Trinajstić information content (AvgIpc) is 3.29. The summed E-state index contributed by atoms with van der Waals surface area (Å²) < 4.78 is 0. The zero-order chi connectivity index (χ0) is 14.8. The van der Waals surface area contributed by atoms with Crippen molar-refractivity contribution in [1.29, 1.82) is 0 Å². The van der Waals surface area contributed by atoms with Crippen LogP contribution in [-0.2, 0) is 13.0 Å². The molecule has 21 heavy (non-hydrogen) atoms. The molecule has 2 aliphatic rings. The number of aromatic nitrogens is 1. The van der Waals surface area contributed by atoms with Crippen molar-refractivity contribution in [3.63, 3.8) is 0 Å². The first-order valence-electron chi connectivity index (χ1n) is 8.65. The van der Waals surface area contributed by atoms with Gasteiger partial charge >= 0.3 is 0 Å². The van der Waals surface area contributed by atoms with Gasteiger partial charge in [0.25, 0.3) is 0 Å². The monoisotopic (exact) mass is 287 g/mol. The lowest BCUT2D eigenvalue weighted by Gasteiger charge is -2.37. The molecule has 2 unspecified atom stereocenters. The summed E-state index contributed by atoms with van der Waals surface area (Å²) in [4.78, 5) is 7.41. The van der Waals surface area contributed by atoms with Crippen LogP contribution in [0, 0.1) is 5.92 Å². The zero-order valence-corrected chi connectivity index (χ0v) is 13.7. The highest BCUT2D eigenvalue weighted by Gasteiger charge is 2.25. The molecule has 3 heteroatoms. The van der Waals surface area contributed by atoms with Gasteiger partial charge in [0.2, 0.25) is 0 Å². The smallest absolute Gasteiger partial charge is 0.129 e. The normalized spacial score (nSPS) is 26.1. The van der Waals surface area contributed by atoms with Gasteiger partial charge in [0, 0.05) is 30.9 Å². The van der Waals surface area contributed by atoms with Crippen molar-refractivity contribution in [2.24, 2.45) is 5.92 Å². The van der Waals surface area contributed by atoms with Crippen LogP contribution in [0.3, 0.4) is 0 Å². The van der Waals surface area contributed by atoms with Gasteiger partial charge in [-0.15, -0.1) is 0 Å². The Morgan fingerprint density at radius 2 is 2.05 bits per heavy atom. The number of pyridine rings is 1. The van der Waals surface area contributed by atoms with E-state index in [2.05, 4.69) is 43.1 Å². The Bertz CT molecular complexity index is 481. The van der Waals surface area contributed by atoms with Gasteiger partial charge in [-0.3, -0.25) is 0 Å². The average molecular weight is 287 g/mol. The molecule has 116 valence electrons. The summed E-state index contributed by atoms with van der Waals surface area (Å²) in [6.07, 6.45) is 6.29. The van der Waals surface area contributed by atoms with E-state index >= 15 is 0 Å². The summed E-state index contributed by atoms with van der Waals surface area (Å²) in [5.41, 5.74) is 2.63. The summed E-state index contributed by atoms with van der Waals surface area (Å²) >= 11 is 0. The van der Waals surface area contributed by atoms with Gasteiger partial charge in [0.05, 0.1) is 0 Å². The van der Waals surface area contributed by atoms with E-state index in [1.807, 2.05) is 0 Å². The Labute approximate surface area is 129 Å². The summed E-state index contributed by atoms with van der Waals surface area (Å²) in [7, 11) is 0. The quantitative estimate of drug-likeness (QED) is 0.898. The molecule has 2 atom stereocenters. The molecule has 1 aromatic rings. The second-order valence-corrected chi connectivity index (χ2v) is 7.01. The van der Waals surface area contributed by atoms with Crippen LogP contribution in [0.25, 0.3) is 0 Å². The molecule has 0 amide bonds. The lowest BCUT2D eigenvalue weighted by molar-refractivity contribution is 0.376. The van der Waals surface area contributed by atoms with Crippen LogP contribution in [0.2, 0.25) is 0 Å². The molecule has 0 radical (unpaired) electrons. The molecule has 1 aliphatic carbocycles. The highest BCUT2D eigenvalue weighted by molar-refractivity contribution is 5.44. The van der Waals surface area contributed by atoms with E-state index in [1.54, 1.807) is 0 Å². The van der Waals surface area contributed by atoms with E-state index in [9.17, 15) is 0 Å². The highest BCUT2D eigenvalue weighted by atomic mass is 15.2. The third-order valence-corrected chi connectivity index (χ3v) is 4.89. The number of aryl methyl sites for hydroxylation is 1. The molecule has 1 saturated heterocycles. The van der Waals surface area contributed by atoms with Crippen molar-refractivity contribution in [3.8, 4) is 0 Å². The second-order valence-electron chi connectivity index (χ2n) is 7.01. The van der Waals surface area contributed by atoms with Gasteiger partial charge in [0.1, 0.15) is 5.82 Å². The van der Waals surface area contributed by atoms with E-state index in [0.717, 1.165) is 31.5 Å². The molecule has 3 nitrogen and oxygen atoms in total. The number of piperidine rings is 1. The van der Waals surface area contributed by atoms with Crippen molar-refractivity contribution < 1.29 is 0 Å². The van der Waals surface area contributed by atoms with Crippen LogP contribution in [0.1, 0.15) is 57.7 Å². The Hall–Kier alpha value is -1.09. The number of rotatable bonds is 5. The predicted octanol–water partition coefficient (Wildman–Crippen LogP) is 3.52. The topological polar surface area (TPSA) is 28.2 Å². The molecular formula is C18H29N3. The van der Waals surface area contributed by atoms with E-state index in [-0.39, 0.29) is 0 Å². The van der Waals surface area contributed by atoms with Gasteiger partial charge in [-0.1, -0.05) is 13.8 Å². The Morgan fingerprint density at radius 3 is 2.71 bits per heavy atom. The largest absolute Gasteiger partial charge is 0.354 e. The summed E-state index contributed by atoms with van der Waals surface area (Å²) in [6, 6.07) is 5.95. The lowest BCUT2D eigenvalue weighted by Crippen LogP contribution is -2.40. The minimum atomic E-state index is 0.609. The fraction of sp³-hybridized carbons (Fsp3) is 0.722. The SMILES string of the molecule is CCc1cc(CNC2CC2)cc(N2CCC(C)CC2C)n1. The van der Waals surface area contributed by atoms with Crippen LogP contribution < -0.4 is 10.2 Å². The van der Waals surface area contributed by atoms with Crippen LogP contribution in [0.4, 0.5) is 5.82 Å². The van der Waals surface area contributed by atoms with Crippen molar-refractivity contribution in [2.75, 3.05) is 11.4 Å². The number of hydrogen-bond donors (Lipinski definition) is 1. The standard InChI is InChI=1S/C18H29N3/c1-4-16-10-15(12-19-17-5-6-17)11-18(20-16)21-8-7-13(2)9-14(21)3/h10-11,13-14,17,19H,4-9,12H2,1-3H3. The number of nitrogens with zero attached hydrogens (tertiary/aromatic N) is 2. The number of nitrogens with one attached hydrogen (secondary N) is 1. The Morgan fingerprint density at radius 1 is 1.24 bits per heavy atom. The van der Waals surface area contributed by atoms with Crippen molar-refractivity contribution in [2.45, 2.75) is 71.5 Å². The van der Waals surface area contributed by atoms with Gasteiger partial charge in [-0.2, -0.15) is 0 Å². The molecule has 1 aromatic heterocycles. The maximum absolute atomic E-state index is 4.89. The predicted molar refractivity (Wildman–Crippen MR) is 88.7 cm³/mol. The van der Waals surface area contributed by atoms with Gasteiger partial charge in [0.15, 0.2) is 0 Å². The third kappa shape index (κ3) is 3.76. The van der Waals surface area contributed by atoms with E-state index in [1.165, 1.54) is 42.8 Å². The second kappa shape index (κ2) is 6.35.